The van der Waals surface area contributed by atoms with Crippen LogP contribution in [0.25, 0.3) is 22.1 Å². The van der Waals surface area contributed by atoms with Crippen LogP contribution < -0.4 is 20.5 Å². The predicted octanol–water partition coefficient (Wildman–Crippen LogP) is 3.66. The summed E-state index contributed by atoms with van der Waals surface area (Å²) in [4.78, 5) is 40.1. The van der Waals surface area contributed by atoms with E-state index in [0.29, 0.717) is 47.7 Å². The molecule has 0 saturated carbocycles. The summed E-state index contributed by atoms with van der Waals surface area (Å²) in [5.74, 6) is 1.47. The Balaban J connectivity index is 1.15. The Hall–Kier alpha value is -4.33. The molecular formula is C29H26N2O6. The molecule has 2 atom stereocenters. The minimum atomic E-state index is -0.145. The van der Waals surface area contributed by atoms with Gasteiger partial charge in [0, 0.05) is 43.4 Å². The average Bonchev–Trinajstić information content (AvgIpc) is 2.92. The number of pyridine rings is 1. The number of fused-ring (bicyclic) bond motifs is 5. The molecule has 6 rings (SSSR count). The summed E-state index contributed by atoms with van der Waals surface area (Å²) in [5.41, 5.74) is 2.46. The first-order valence-electron chi connectivity index (χ1n) is 12.3. The first kappa shape index (κ1) is 23.1. The number of carbonyl (C=O) groups is 1. The molecule has 0 spiro atoms. The molecule has 4 heterocycles. The molecular weight excluding hydrogens is 472 g/mol. The van der Waals surface area contributed by atoms with Crippen LogP contribution in [0.15, 0.2) is 80.9 Å². The maximum Gasteiger partial charge on any atom is 0.260 e. The van der Waals surface area contributed by atoms with Crippen molar-refractivity contribution in [2.75, 3.05) is 26.8 Å². The number of nitrogens with zero attached hydrogens (tertiary/aromatic N) is 2. The molecule has 1 saturated heterocycles. The van der Waals surface area contributed by atoms with Crippen LogP contribution in [0.4, 0.5) is 0 Å². The van der Waals surface area contributed by atoms with Gasteiger partial charge in [0.25, 0.3) is 11.5 Å². The van der Waals surface area contributed by atoms with Gasteiger partial charge in [0.1, 0.15) is 23.3 Å². The maximum atomic E-state index is 13.1. The van der Waals surface area contributed by atoms with Crippen LogP contribution in [0, 0.1) is 5.92 Å². The third kappa shape index (κ3) is 4.28. The second-order valence-electron chi connectivity index (χ2n) is 9.65. The van der Waals surface area contributed by atoms with Crippen molar-refractivity contribution in [3.63, 3.8) is 0 Å². The van der Waals surface area contributed by atoms with Gasteiger partial charge in [0.05, 0.1) is 18.1 Å². The summed E-state index contributed by atoms with van der Waals surface area (Å²) < 4.78 is 18.6. The maximum absolute atomic E-state index is 13.1. The quantitative estimate of drug-likeness (QED) is 0.417. The van der Waals surface area contributed by atoms with Gasteiger partial charge in [-0.25, -0.2) is 0 Å². The summed E-state index contributed by atoms with van der Waals surface area (Å²) in [5, 5.41) is 0.435. The van der Waals surface area contributed by atoms with Crippen molar-refractivity contribution in [1.82, 2.24) is 9.47 Å². The van der Waals surface area contributed by atoms with Gasteiger partial charge in [-0.05, 0) is 48.2 Å². The summed E-state index contributed by atoms with van der Waals surface area (Å²) in [6.45, 7) is 1.71. The van der Waals surface area contributed by atoms with Crippen LogP contribution in [-0.2, 0) is 11.3 Å². The Kier molecular flexibility index (Phi) is 5.79. The molecule has 2 aromatic carbocycles. The smallest absolute Gasteiger partial charge is 0.260 e. The highest BCUT2D eigenvalue weighted by Gasteiger charge is 2.36. The summed E-state index contributed by atoms with van der Waals surface area (Å²) in [7, 11) is 1.59. The first-order valence-corrected chi connectivity index (χ1v) is 12.3. The summed E-state index contributed by atoms with van der Waals surface area (Å²) >= 11 is 0. The lowest BCUT2D eigenvalue weighted by molar-refractivity contribution is -0.136. The zero-order chi connectivity index (χ0) is 25.5. The van der Waals surface area contributed by atoms with Crippen molar-refractivity contribution in [3.8, 4) is 22.6 Å². The number of hydrogen-bond acceptors (Lipinski definition) is 6. The third-order valence-electron chi connectivity index (χ3n) is 7.34. The van der Waals surface area contributed by atoms with Crippen molar-refractivity contribution >= 4 is 16.9 Å². The van der Waals surface area contributed by atoms with E-state index in [0.717, 1.165) is 17.7 Å². The molecule has 2 aliphatic rings. The lowest BCUT2D eigenvalue weighted by atomic mass is 9.83. The van der Waals surface area contributed by atoms with Crippen LogP contribution in [0.5, 0.6) is 11.5 Å². The van der Waals surface area contributed by atoms with Crippen molar-refractivity contribution in [3.05, 3.63) is 93.2 Å². The van der Waals surface area contributed by atoms with Gasteiger partial charge >= 0.3 is 0 Å². The molecule has 8 nitrogen and oxygen atoms in total. The molecule has 2 aliphatic heterocycles. The Morgan fingerprint density at radius 1 is 1.00 bits per heavy atom. The van der Waals surface area contributed by atoms with E-state index in [2.05, 4.69) is 0 Å². The van der Waals surface area contributed by atoms with Crippen molar-refractivity contribution in [1.29, 1.82) is 0 Å². The number of likely N-dealkylation sites (tertiary alicyclic amines) is 1. The van der Waals surface area contributed by atoms with Crippen molar-refractivity contribution < 1.29 is 18.7 Å². The molecule has 0 N–H and O–H groups in total. The first-order chi connectivity index (χ1) is 18.0. The molecule has 0 aliphatic carbocycles. The second kappa shape index (κ2) is 9.28. The number of hydrogen-bond donors (Lipinski definition) is 0. The number of benzene rings is 2. The molecule has 0 radical (unpaired) electrons. The predicted molar refractivity (Wildman–Crippen MR) is 138 cm³/mol. The van der Waals surface area contributed by atoms with Gasteiger partial charge in [-0.15, -0.1) is 0 Å². The topological polar surface area (TPSA) is 91.0 Å². The van der Waals surface area contributed by atoms with E-state index in [1.54, 1.807) is 49.6 Å². The molecule has 188 valence electrons. The third-order valence-corrected chi connectivity index (χ3v) is 7.34. The van der Waals surface area contributed by atoms with E-state index in [-0.39, 0.29) is 35.3 Å². The fourth-order valence-corrected chi connectivity index (χ4v) is 5.50. The lowest BCUT2D eigenvalue weighted by Gasteiger charge is -2.42. The Labute approximate surface area is 212 Å². The molecule has 2 bridgehead atoms. The van der Waals surface area contributed by atoms with E-state index in [1.165, 1.54) is 6.26 Å². The van der Waals surface area contributed by atoms with Gasteiger partial charge in [-0.3, -0.25) is 14.4 Å². The van der Waals surface area contributed by atoms with Crippen LogP contribution in [0.1, 0.15) is 18.0 Å². The zero-order valence-corrected chi connectivity index (χ0v) is 20.4. The second-order valence-corrected chi connectivity index (χ2v) is 9.65. The average molecular weight is 499 g/mol. The van der Waals surface area contributed by atoms with E-state index in [1.807, 2.05) is 27.7 Å². The van der Waals surface area contributed by atoms with E-state index in [4.69, 9.17) is 13.9 Å². The lowest BCUT2D eigenvalue weighted by Crippen LogP contribution is -2.50. The van der Waals surface area contributed by atoms with E-state index < -0.39 is 0 Å². The SMILES string of the molecule is COc1ccc(-c2coc3cc(OCC(=O)N4C[C@@H]5C[C@H](C4)c4cccc(=O)n4C5)ccc3c2=O)cc1. The van der Waals surface area contributed by atoms with Crippen LogP contribution in [0.3, 0.4) is 0 Å². The van der Waals surface area contributed by atoms with Gasteiger partial charge < -0.3 is 23.4 Å². The number of ether oxygens (including phenoxy) is 2. The number of aromatic nitrogens is 1. The minimum Gasteiger partial charge on any atom is -0.497 e. The Morgan fingerprint density at radius 2 is 1.81 bits per heavy atom. The number of amides is 1. The monoisotopic (exact) mass is 498 g/mol. The highest BCUT2D eigenvalue weighted by molar-refractivity contribution is 5.83. The molecule has 1 fully saturated rings. The van der Waals surface area contributed by atoms with Gasteiger partial charge in [-0.1, -0.05) is 18.2 Å². The van der Waals surface area contributed by atoms with Crippen molar-refractivity contribution in [2.24, 2.45) is 5.92 Å². The molecule has 2 aromatic heterocycles. The highest BCUT2D eigenvalue weighted by Crippen LogP contribution is 2.35. The standard InChI is InChI=1S/C29H26N2O6/c1-35-21-7-5-19(6-8-21)24-16-37-26-12-22(9-10-23(26)29(24)34)36-17-28(33)30-13-18-11-20(15-30)25-3-2-4-27(32)31(25)14-18/h2-10,12,16,18,20H,11,13-15,17H2,1H3/t18-,20+/m0/s1. The van der Waals surface area contributed by atoms with Crippen LogP contribution >= 0.6 is 0 Å². The fraction of sp³-hybridized carbons (Fsp3) is 0.276. The summed E-state index contributed by atoms with van der Waals surface area (Å²) in [6, 6.07) is 17.5. The van der Waals surface area contributed by atoms with Gasteiger partial charge in [-0.2, -0.15) is 0 Å². The highest BCUT2D eigenvalue weighted by atomic mass is 16.5. The number of rotatable bonds is 5. The van der Waals surface area contributed by atoms with Gasteiger partial charge in [0.15, 0.2) is 12.0 Å². The fourth-order valence-electron chi connectivity index (χ4n) is 5.50. The van der Waals surface area contributed by atoms with E-state index in [9.17, 15) is 14.4 Å². The Bertz CT molecular complexity index is 1600. The normalized spacial score (nSPS) is 18.4. The number of piperidine rings is 1. The molecule has 1 amide bonds. The minimum absolute atomic E-state index is 0.0226. The number of methoxy groups -OCH3 is 1. The molecule has 0 unspecified atom stereocenters. The Morgan fingerprint density at radius 3 is 2.62 bits per heavy atom. The summed E-state index contributed by atoms with van der Waals surface area (Å²) in [6.07, 6.45) is 2.42. The van der Waals surface area contributed by atoms with Gasteiger partial charge in [0.2, 0.25) is 0 Å². The van der Waals surface area contributed by atoms with Crippen LogP contribution in [-0.4, -0.2) is 42.2 Å². The molecule has 8 heteroatoms. The zero-order valence-electron chi connectivity index (χ0n) is 20.4. The van der Waals surface area contributed by atoms with Crippen LogP contribution in [0.2, 0.25) is 0 Å². The number of carbonyl (C=O) groups excluding carboxylic acids is 1. The molecule has 4 aromatic rings. The largest absolute Gasteiger partial charge is 0.497 e. The van der Waals surface area contributed by atoms with Crippen molar-refractivity contribution in [2.45, 2.75) is 18.9 Å². The molecule has 37 heavy (non-hydrogen) atoms. The van der Waals surface area contributed by atoms with E-state index >= 15 is 0 Å².